The molecule has 0 saturated heterocycles. The molecule has 0 unspecified atom stereocenters. The number of benzene rings is 2. The van der Waals surface area contributed by atoms with Crippen LogP contribution in [0.25, 0.3) is 5.57 Å². The Balaban J connectivity index is 2.33. The first kappa shape index (κ1) is 26.2. The summed E-state index contributed by atoms with van der Waals surface area (Å²) >= 11 is 0. The van der Waals surface area contributed by atoms with Crippen LogP contribution in [-0.2, 0) is 28.8 Å². The van der Waals surface area contributed by atoms with Crippen LogP contribution in [0.4, 0.5) is 13.2 Å². The molecule has 2 aromatic rings. The maximum Gasteiger partial charge on any atom is 0.416 e. The Labute approximate surface area is 193 Å². The van der Waals surface area contributed by atoms with E-state index in [9.17, 15) is 18.0 Å². The summed E-state index contributed by atoms with van der Waals surface area (Å²) < 4.78 is 40.2. The highest BCUT2D eigenvalue weighted by Gasteiger charge is 2.33. The number of carbonyl (C=O) groups excluding carboxylic acids is 1. The van der Waals surface area contributed by atoms with Gasteiger partial charge in [-0.2, -0.15) is 13.2 Å². The van der Waals surface area contributed by atoms with Crippen molar-refractivity contribution in [3.05, 3.63) is 75.9 Å². The molecular formula is C26H31F3N2O2. The molecule has 0 atom stereocenters. The Morgan fingerprint density at radius 3 is 2.52 bits per heavy atom. The standard InChI is InChI=1S/C26H31F3N2O2/c1-6-8-11-22(25(32)30-5)21-12-9-10-17(3)23(21)16-33-31-18(4)20-14-13-19(7-2)24(15-20)26(27,28)29/h9-15H,6-8,16H2,1-5H3,(H,30,32)/b22-11-,31-18+. The molecule has 4 nitrogen and oxygen atoms in total. The number of halogens is 3. The summed E-state index contributed by atoms with van der Waals surface area (Å²) in [4.78, 5) is 18.0. The lowest BCUT2D eigenvalue weighted by atomic mass is 9.95. The fourth-order valence-corrected chi connectivity index (χ4v) is 3.51. The van der Waals surface area contributed by atoms with Crippen molar-refractivity contribution < 1.29 is 22.8 Å². The summed E-state index contributed by atoms with van der Waals surface area (Å²) in [5.74, 6) is -0.189. The van der Waals surface area contributed by atoms with E-state index in [4.69, 9.17) is 4.84 Å². The van der Waals surface area contributed by atoms with Crippen molar-refractivity contribution in [2.75, 3.05) is 7.05 Å². The summed E-state index contributed by atoms with van der Waals surface area (Å²) in [6.45, 7) is 7.33. The van der Waals surface area contributed by atoms with Crippen molar-refractivity contribution in [3.8, 4) is 0 Å². The van der Waals surface area contributed by atoms with Crippen LogP contribution in [-0.4, -0.2) is 18.7 Å². The molecule has 7 heteroatoms. The Bertz CT molecular complexity index is 1040. The molecule has 0 aliphatic carbocycles. The van der Waals surface area contributed by atoms with Crippen molar-refractivity contribution in [1.82, 2.24) is 5.32 Å². The van der Waals surface area contributed by atoms with Gasteiger partial charge in [0, 0.05) is 18.2 Å². The third-order valence-electron chi connectivity index (χ3n) is 5.43. The predicted molar refractivity (Wildman–Crippen MR) is 126 cm³/mol. The van der Waals surface area contributed by atoms with Gasteiger partial charge < -0.3 is 10.2 Å². The van der Waals surface area contributed by atoms with Gasteiger partial charge in [-0.25, -0.2) is 0 Å². The van der Waals surface area contributed by atoms with E-state index >= 15 is 0 Å². The van der Waals surface area contributed by atoms with E-state index in [2.05, 4.69) is 10.5 Å². The number of alkyl halides is 3. The lowest BCUT2D eigenvalue weighted by molar-refractivity contribution is -0.138. The molecule has 2 aromatic carbocycles. The average molecular weight is 461 g/mol. The normalized spacial score (nSPS) is 12.6. The molecular weight excluding hydrogens is 429 g/mol. The fourth-order valence-electron chi connectivity index (χ4n) is 3.51. The molecule has 0 spiro atoms. The molecule has 0 radical (unpaired) electrons. The number of likely N-dealkylation sites (N-methyl/N-ethyl adjacent to an activating group) is 1. The zero-order chi connectivity index (χ0) is 24.6. The molecule has 0 aliphatic heterocycles. The largest absolute Gasteiger partial charge is 0.416 e. The number of unbranched alkanes of at least 4 members (excludes halogenated alkanes) is 1. The number of amides is 1. The Kier molecular flexibility index (Phi) is 9.26. The zero-order valence-corrected chi connectivity index (χ0v) is 19.8. The average Bonchev–Trinajstić information content (AvgIpc) is 2.79. The van der Waals surface area contributed by atoms with Crippen molar-refractivity contribution >= 4 is 17.2 Å². The van der Waals surface area contributed by atoms with Crippen LogP contribution in [0.2, 0.25) is 0 Å². The van der Waals surface area contributed by atoms with Crippen molar-refractivity contribution in [2.45, 2.75) is 59.7 Å². The minimum absolute atomic E-state index is 0.0823. The molecule has 33 heavy (non-hydrogen) atoms. The number of carbonyl (C=O) groups is 1. The number of aryl methyl sites for hydroxylation is 2. The molecule has 0 aliphatic rings. The van der Waals surface area contributed by atoms with Gasteiger partial charge in [0.25, 0.3) is 5.91 Å². The molecule has 0 saturated carbocycles. The fraction of sp³-hybridized carbons (Fsp3) is 0.385. The summed E-state index contributed by atoms with van der Waals surface area (Å²) in [5.41, 5.74) is 3.31. The van der Waals surface area contributed by atoms with E-state index < -0.39 is 11.7 Å². The SMILES string of the molecule is CCC/C=C(\C(=O)NC)c1cccc(C)c1CO/N=C(\C)c1ccc(CC)c(C(F)(F)F)c1. The first-order chi connectivity index (χ1) is 15.6. The van der Waals surface area contributed by atoms with E-state index in [-0.39, 0.29) is 24.5 Å². The minimum Gasteiger partial charge on any atom is -0.391 e. The van der Waals surface area contributed by atoms with Crippen LogP contribution < -0.4 is 5.32 Å². The number of nitrogens with zero attached hydrogens (tertiary/aromatic N) is 1. The van der Waals surface area contributed by atoms with Gasteiger partial charge >= 0.3 is 6.18 Å². The number of rotatable bonds is 9. The Morgan fingerprint density at radius 1 is 1.18 bits per heavy atom. The van der Waals surface area contributed by atoms with E-state index in [1.165, 1.54) is 6.07 Å². The third kappa shape index (κ3) is 6.70. The van der Waals surface area contributed by atoms with Crippen LogP contribution in [0.15, 0.2) is 47.6 Å². The molecule has 0 bridgehead atoms. The van der Waals surface area contributed by atoms with Crippen molar-refractivity contribution in [1.29, 1.82) is 0 Å². The zero-order valence-electron chi connectivity index (χ0n) is 19.8. The second kappa shape index (κ2) is 11.7. The topological polar surface area (TPSA) is 50.7 Å². The van der Waals surface area contributed by atoms with Gasteiger partial charge in [-0.05, 0) is 55.0 Å². The molecule has 0 heterocycles. The van der Waals surface area contributed by atoms with E-state index in [1.54, 1.807) is 27.0 Å². The number of nitrogens with one attached hydrogen (secondary N) is 1. The molecule has 1 amide bonds. The van der Waals surface area contributed by atoms with Crippen LogP contribution in [0.3, 0.4) is 0 Å². The molecule has 0 aromatic heterocycles. The van der Waals surface area contributed by atoms with Crippen LogP contribution in [0.1, 0.15) is 67.0 Å². The summed E-state index contributed by atoms with van der Waals surface area (Å²) in [6.07, 6.45) is -0.585. The smallest absolute Gasteiger partial charge is 0.391 e. The lowest BCUT2D eigenvalue weighted by Crippen LogP contribution is -2.20. The number of hydrogen-bond donors (Lipinski definition) is 1. The van der Waals surface area contributed by atoms with E-state index in [1.807, 2.05) is 38.1 Å². The van der Waals surface area contributed by atoms with Gasteiger partial charge in [0.1, 0.15) is 6.61 Å². The maximum atomic E-state index is 13.4. The first-order valence-corrected chi connectivity index (χ1v) is 11.0. The van der Waals surface area contributed by atoms with Crippen LogP contribution >= 0.6 is 0 Å². The monoisotopic (exact) mass is 460 g/mol. The number of hydrogen-bond acceptors (Lipinski definition) is 3. The third-order valence-corrected chi connectivity index (χ3v) is 5.43. The van der Waals surface area contributed by atoms with Gasteiger partial charge in [-0.1, -0.05) is 61.8 Å². The predicted octanol–water partition coefficient (Wildman–Crippen LogP) is 6.45. The highest BCUT2D eigenvalue weighted by atomic mass is 19.4. The summed E-state index contributed by atoms with van der Waals surface area (Å²) in [5, 5.41) is 6.74. The summed E-state index contributed by atoms with van der Waals surface area (Å²) in [7, 11) is 1.58. The lowest BCUT2D eigenvalue weighted by Gasteiger charge is -2.15. The van der Waals surface area contributed by atoms with Gasteiger partial charge in [-0.3, -0.25) is 4.79 Å². The number of oxime groups is 1. The minimum atomic E-state index is -4.43. The second-order valence-electron chi connectivity index (χ2n) is 7.76. The van der Waals surface area contributed by atoms with Crippen LogP contribution in [0, 0.1) is 6.92 Å². The van der Waals surface area contributed by atoms with E-state index in [0.717, 1.165) is 35.6 Å². The van der Waals surface area contributed by atoms with Crippen molar-refractivity contribution in [3.63, 3.8) is 0 Å². The van der Waals surface area contributed by atoms with Gasteiger partial charge in [0.15, 0.2) is 0 Å². The van der Waals surface area contributed by atoms with E-state index in [0.29, 0.717) is 16.8 Å². The van der Waals surface area contributed by atoms with Gasteiger partial charge in [-0.15, -0.1) is 0 Å². The highest BCUT2D eigenvalue weighted by molar-refractivity contribution is 6.19. The first-order valence-electron chi connectivity index (χ1n) is 11.0. The maximum absolute atomic E-state index is 13.4. The van der Waals surface area contributed by atoms with Gasteiger partial charge in [0.2, 0.25) is 0 Å². The van der Waals surface area contributed by atoms with Crippen LogP contribution in [0.5, 0.6) is 0 Å². The summed E-state index contributed by atoms with van der Waals surface area (Å²) in [6, 6.07) is 9.85. The number of allylic oxidation sites excluding steroid dienone is 1. The molecule has 178 valence electrons. The second-order valence-corrected chi connectivity index (χ2v) is 7.76. The Hall–Kier alpha value is -3.09. The Morgan fingerprint density at radius 2 is 1.91 bits per heavy atom. The highest BCUT2D eigenvalue weighted by Crippen LogP contribution is 2.33. The van der Waals surface area contributed by atoms with Crippen molar-refractivity contribution in [2.24, 2.45) is 5.16 Å². The molecule has 0 fully saturated rings. The molecule has 1 N–H and O–H groups in total. The quantitative estimate of drug-likeness (QED) is 0.266. The van der Waals surface area contributed by atoms with Gasteiger partial charge in [0.05, 0.1) is 11.3 Å². The molecule has 2 rings (SSSR count).